The van der Waals surface area contributed by atoms with Crippen molar-refractivity contribution in [2.45, 2.75) is 32.1 Å². The first-order valence-corrected chi connectivity index (χ1v) is 7.31. The van der Waals surface area contributed by atoms with Crippen molar-refractivity contribution >= 4 is 5.97 Å². The standard InChI is InChI=1S/C15H14F3N3O3/c1-8(22)24-13-3-2-4-23-15(13)21-7-12(19-20-21)9-5-10(16)14(18)11(17)6-9/h5-7,13,15H,2-4H2,1H3. The van der Waals surface area contributed by atoms with Crippen molar-refractivity contribution in [2.75, 3.05) is 6.61 Å². The summed E-state index contributed by atoms with van der Waals surface area (Å²) in [4.78, 5) is 11.2. The average molecular weight is 341 g/mol. The molecule has 1 aromatic carbocycles. The van der Waals surface area contributed by atoms with Gasteiger partial charge in [-0.15, -0.1) is 5.10 Å². The summed E-state index contributed by atoms with van der Waals surface area (Å²) in [5.41, 5.74) is 0.182. The van der Waals surface area contributed by atoms with Gasteiger partial charge in [0.1, 0.15) is 11.8 Å². The number of benzene rings is 1. The van der Waals surface area contributed by atoms with Crippen molar-refractivity contribution in [3.8, 4) is 11.3 Å². The molecule has 1 fully saturated rings. The molecule has 2 atom stereocenters. The molecule has 0 bridgehead atoms. The SMILES string of the molecule is CC(=O)OC1CCCOC1n1cc(-c2cc(F)c(F)c(F)c2)nn1. The molecule has 0 radical (unpaired) electrons. The van der Waals surface area contributed by atoms with E-state index in [9.17, 15) is 18.0 Å². The highest BCUT2D eigenvalue weighted by atomic mass is 19.2. The van der Waals surface area contributed by atoms with Crippen molar-refractivity contribution in [3.05, 3.63) is 35.8 Å². The smallest absolute Gasteiger partial charge is 0.303 e. The molecule has 1 aliphatic heterocycles. The molecule has 2 unspecified atom stereocenters. The van der Waals surface area contributed by atoms with Crippen LogP contribution in [0.5, 0.6) is 0 Å². The summed E-state index contributed by atoms with van der Waals surface area (Å²) in [5, 5.41) is 7.69. The second-order valence-electron chi connectivity index (χ2n) is 5.39. The van der Waals surface area contributed by atoms with Crippen LogP contribution < -0.4 is 0 Å². The van der Waals surface area contributed by atoms with Gasteiger partial charge >= 0.3 is 5.97 Å². The lowest BCUT2D eigenvalue weighted by Gasteiger charge is -2.30. The fraction of sp³-hybridized carbons (Fsp3) is 0.400. The highest BCUT2D eigenvalue weighted by Crippen LogP contribution is 2.28. The Morgan fingerprint density at radius 3 is 2.71 bits per heavy atom. The van der Waals surface area contributed by atoms with Crippen LogP contribution in [-0.2, 0) is 14.3 Å². The zero-order valence-corrected chi connectivity index (χ0v) is 12.7. The van der Waals surface area contributed by atoms with Crippen molar-refractivity contribution < 1.29 is 27.4 Å². The molecule has 1 aromatic heterocycles. The molecule has 0 spiro atoms. The molecule has 1 saturated heterocycles. The van der Waals surface area contributed by atoms with Crippen molar-refractivity contribution in [1.29, 1.82) is 0 Å². The molecule has 9 heteroatoms. The van der Waals surface area contributed by atoms with Gasteiger partial charge in [-0.3, -0.25) is 4.79 Å². The molecular formula is C15H14F3N3O3. The summed E-state index contributed by atoms with van der Waals surface area (Å²) >= 11 is 0. The van der Waals surface area contributed by atoms with E-state index in [4.69, 9.17) is 9.47 Å². The lowest BCUT2D eigenvalue weighted by atomic mass is 10.1. The summed E-state index contributed by atoms with van der Waals surface area (Å²) in [7, 11) is 0. The van der Waals surface area contributed by atoms with Gasteiger partial charge in [0, 0.05) is 19.1 Å². The number of ether oxygens (including phenoxy) is 2. The van der Waals surface area contributed by atoms with E-state index in [0.717, 1.165) is 18.6 Å². The minimum Gasteiger partial charge on any atom is -0.458 e. The Hall–Kier alpha value is -2.42. The third kappa shape index (κ3) is 3.25. The van der Waals surface area contributed by atoms with Gasteiger partial charge in [-0.2, -0.15) is 0 Å². The molecule has 0 aliphatic carbocycles. The number of esters is 1. The first-order chi connectivity index (χ1) is 11.5. The molecule has 128 valence electrons. The molecule has 3 rings (SSSR count). The first kappa shape index (κ1) is 16.4. The van der Waals surface area contributed by atoms with Gasteiger partial charge in [-0.05, 0) is 25.0 Å². The van der Waals surface area contributed by atoms with Gasteiger partial charge in [-0.25, -0.2) is 17.9 Å². The van der Waals surface area contributed by atoms with Crippen molar-refractivity contribution in [2.24, 2.45) is 0 Å². The third-order valence-electron chi connectivity index (χ3n) is 3.61. The predicted octanol–water partition coefficient (Wildman–Crippen LogP) is 2.60. The van der Waals surface area contributed by atoms with Gasteiger partial charge in [0.2, 0.25) is 0 Å². The van der Waals surface area contributed by atoms with E-state index >= 15 is 0 Å². The van der Waals surface area contributed by atoms with Crippen LogP contribution in [-0.4, -0.2) is 33.7 Å². The third-order valence-corrected chi connectivity index (χ3v) is 3.61. The molecule has 24 heavy (non-hydrogen) atoms. The Kier molecular flexibility index (Phi) is 4.52. The number of halogens is 3. The summed E-state index contributed by atoms with van der Waals surface area (Å²) in [6, 6.07) is 1.66. The van der Waals surface area contributed by atoms with Crippen LogP contribution in [0, 0.1) is 17.5 Å². The summed E-state index contributed by atoms with van der Waals surface area (Å²) < 4.78 is 51.8. The quantitative estimate of drug-likeness (QED) is 0.634. The minimum atomic E-state index is -1.54. The van der Waals surface area contributed by atoms with E-state index in [1.807, 2.05) is 0 Å². The molecule has 0 N–H and O–H groups in total. The van der Waals surface area contributed by atoms with Gasteiger partial charge in [-0.1, -0.05) is 5.21 Å². The number of carbonyl (C=O) groups excluding carboxylic acids is 1. The highest BCUT2D eigenvalue weighted by molar-refractivity contribution is 5.66. The zero-order valence-electron chi connectivity index (χ0n) is 12.7. The number of hydrogen-bond acceptors (Lipinski definition) is 5. The minimum absolute atomic E-state index is 0.0393. The maximum absolute atomic E-state index is 13.3. The van der Waals surface area contributed by atoms with Gasteiger partial charge in [0.05, 0.1) is 6.20 Å². The number of rotatable bonds is 3. The van der Waals surface area contributed by atoms with Crippen LogP contribution >= 0.6 is 0 Å². The molecule has 1 aliphatic rings. The molecule has 2 aromatic rings. The van der Waals surface area contributed by atoms with Gasteiger partial charge in [0.25, 0.3) is 0 Å². The van der Waals surface area contributed by atoms with E-state index in [-0.39, 0.29) is 11.3 Å². The van der Waals surface area contributed by atoms with E-state index in [1.165, 1.54) is 17.8 Å². The van der Waals surface area contributed by atoms with Crippen LogP contribution in [0.1, 0.15) is 26.0 Å². The maximum atomic E-state index is 13.3. The fourth-order valence-corrected chi connectivity index (χ4v) is 2.55. The van der Waals surface area contributed by atoms with Crippen molar-refractivity contribution in [3.63, 3.8) is 0 Å². The summed E-state index contributed by atoms with van der Waals surface area (Å²) in [5.74, 6) is -4.62. The molecule has 0 saturated carbocycles. The van der Waals surface area contributed by atoms with Crippen LogP contribution in [0.15, 0.2) is 18.3 Å². The maximum Gasteiger partial charge on any atom is 0.303 e. The Bertz CT molecular complexity index is 742. The van der Waals surface area contributed by atoms with E-state index < -0.39 is 35.8 Å². The van der Waals surface area contributed by atoms with Crippen LogP contribution in [0.25, 0.3) is 11.3 Å². The summed E-state index contributed by atoms with van der Waals surface area (Å²) in [6.45, 7) is 1.75. The Morgan fingerprint density at radius 2 is 2.04 bits per heavy atom. The molecule has 2 heterocycles. The molecule has 0 amide bonds. The van der Waals surface area contributed by atoms with E-state index in [2.05, 4.69) is 10.3 Å². The predicted molar refractivity (Wildman–Crippen MR) is 75.1 cm³/mol. The lowest BCUT2D eigenvalue weighted by molar-refractivity contribution is -0.173. The normalized spacial score (nSPS) is 20.8. The molecule has 6 nitrogen and oxygen atoms in total. The largest absolute Gasteiger partial charge is 0.458 e. The van der Waals surface area contributed by atoms with Crippen LogP contribution in [0.4, 0.5) is 13.2 Å². The molecular weight excluding hydrogens is 327 g/mol. The van der Waals surface area contributed by atoms with E-state index in [1.54, 1.807) is 0 Å². The highest BCUT2D eigenvalue weighted by Gasteiger charge is 2.31. The number of hydrogen-bond donors (Lipinski definition) is 0. The van der Waals surface area contributed by atoms with Crippen LogP contribution in [0.2, 0.25) is 0 Å². The zero-order chi connectivity index (χ0) is 17.3. The Balaban J connectivity index is 1.88. The number of nitrogens with zero attached hydrogens (tertiary/aromatic N) is 3. The van der Waals surface area contributed by atoms with Crippen LogP contribution in [0.3, 0.4) is 0 Å². The van der Waals surface area contributed by atoms with Gasteiger partial charge < -0.3 is 9.47 Å². The Morgan fingerprint density at radius 1 is 1.33 bits per heavy atom. The lowest BCUT2D eigenvalue weighted by Crippen LogP contribution is -2.35. The fourth-order valence-electron chi connectivity index (χ4n) is 2.55. The second-order valence-corrected chi connectivity index (χ2v) is 5.39. The topological polar surface area (TPSA) is 66.2 Å². The van der Waals surface area contributed by atoms with Gasteiger partial charge in [0.15, 0.2) is 23.7 Å². The number of aromatic nitrogens is 3. The average Bonchev–Trinajstić information content (AvgIpc) is 3.02. The van der Waals surface area contributed by atoms with Crippen molar-refractivity contribution in [1.82, 2.24) is 15.0 Å². The summed E-state index contributed by atoms with van der Waals surface area (Å²) in [6.07, 6.45) is 1.51. The first-order valence-electron chi connectivity index (χ1n) is 7.31. The second kappa shape index (κ2) is 6.60. The van der Waals surface area contributed by atoms with E-state index in [0.29, 0.717) is 13.0 Å². The Labute approximate surface area is 135 Å². The monoisotopic (exact) mass is 341 g/mol. The number of carbonyl (C=O) groups is 1.